The van der Waals surface area contributed by atoms with Crippen LogP contribution in [0.5, 0.6) is 0 Å². The molecule has 0 saturated carbocycles. The Morgan fingerprint density at radius 3 is 1.93 bits per heavy atom. The van der Waals surface area contributed by atoms with E-state index in [1.165, 1.54) is 0 Å². The average Bonchev–Trinajstić information content (AvgIpc) is 2.20. The topological polar surface area (TPSA) is 35.2 Å². The Kier molecular flexibility index (Phi) is 11.1. The molecule has 0 spiro atoms. The summed E-state index contributed by atoms with van der Waals surface area (Å²) in [6, 6.07) is 9.89. The van der Waals surface area contributed by atoms with Crippen LogP contribution in [0.4, 0.5) is 0 Å². The molecule has 0 aromatic heterocycles. The van der Waals surface area contributed by atoms with Gasteiger partial charge in [-0.2, -0.15) is 0 Å². The summed E-state index contributed by atoms with van der Waals surface area (Å²) in [4.78, 5) is 0. The van der Waals surface area contributed by atoms with Crippen molar-refractivity contribution in [2.24, 2.45) is 5.73 Å². The third-order valence-electron chi connectivity index (χ3n) is 1.78. The third-order valence-corrected chi connectivity index (χ3v) is 1.78. The van der Waals surface area contributed by atoms with Crippen LogP contribution < -0.4 is 5.73 Å². The van der Waals surface area contributed by atoms with Gasteiger partial charge in [0.05, 0.1) is 0 Å². The second kappa shape index (κ2) is 9.47. The van der Waals surface area contributed by atoms with Gasteiger partial charge in [0, 0.05) is 46.9 Å². The van der Waals surface area contributed by atoms with Crippen LogP contribution in [0, 0.1) is 13.8 Å². The number of ether oxygens (including phenoxy) is 1. The summed E-state index contributed by atoms with van der Waals surface area (Å²) in [6.07, 6.45) is 0. The summed E-state index contributed by atoms with van der Waals surface area (Å²) in [7, 11) is 3.25. The zero-order valence-corrected chi connectivity index (χ0v) is 12.4. The van der Waals surface area contributed by atoms with Crippen molar-refractivity contribution in [3.63, 3.8) is 0 Å². The van der Waals surface area contributed by atoms with Crippen molar-refractivity contribution in [3.8, 4) is 0 Å². The van der Waals surface area contributed by atoms with Crippen LogP contribution in [0.25, 0.3) is 0 Å². The minimum absolute atomic E-state index is 0. The zero-order valence-electron chi connectivity index (χ0n) is 9.57. The summed E-state index contributed by atoms with van der Waals surface area (Å²) in [6.45, 7) is 8.31. The molecule has 1 rings (SSSR count). The van der Waals surface area contributed by atoms with Gasteiger partial charge in [0.2, 0.25) is 0 Å². The zero-order chi connectivity index (χ0) is 11.0. The number of hydrogen-bond acceptors (Lipinski definition) is 2. The van der Waals surface area contributed by atoms with Crippen molar-refractivity contribution in [1.29, 1.82) is 0 Å². The van der Waals surface area contributed by atoms with Gasteiger partial charge < -0.3 is 24.3 Å². The van der Waals surface area contributed by atoms with Gasteiger partial charge in [0.25, 0.3) is 0 Å². The number of rotatable bonds is 2. The molecule has 0 heterocycles. The van der Waals surface area contributed by atoms with Crippen molar-refractivity contribution in [1.82, 2.24) is 0 Å². The van der Waals surface area contributed by atoms with Gasteiger partial charge in [-0.3, -0.25) is 5.41 Å². The predicted molar refractivity (Wildman–Crippen MR) is 60.8 cm³/mol. The molecule has 0 bridgehead atoms. The quantitative estimate of drug-likeness (QED) is 0.840. The minimum Gasteiger partial charge on any atom is -0.388 e. The molecule has 2 N–H and O–H groups in total. The monoisotopic (exact) mass is 282 g/mol. The van der Waals surface area contributed by atoms with Crippen LogP contribution in [0.3, 0.4) is 0 Å². The Balaban J connectivity index is 0. The SMILES string of the molecule is COC.[CH2-]C([CH2-])(CN)c1ccccc1.[Y]. The van der Waals surface area contributed by atoms with Crippen LogP contribution in [0.1, 0.15) is 5.56 Å². The van der Waals surface area contributed by atoms with Crippen LogP contribution in [-0.2, 0) is 42.9 Å². The van der Waals surface area contributed by atoms with Crippen LogP contribution >= 0.6 is 0 Å². The Hall–Kier alpha value is 0.244. The van der Waals surface area contributed by atoms with Gasteiger partial charge in [0.1, 0.15) is 0 Å². The molecule has 15 heavy (non-hydrogen) atoms. The second-order valence-corrected chi connectivity index (χ2v) is 3.26. The molecular weight excluding hydrogens is 263 g/mol. The van der Waals surface area contributed by atoms with E-state index in [0.717, 1.165) is 5.56 Å². The van der Waals surface area contributed by atoms with E-state index in [4.69, 9.17) is 5.73 Å². The van der Waals surface area contributed by atoms with Gasteiger partial charge in [-0.15, -0.1) is 0 Å². The maximum absolute atomic E-state index is 5.51. The maximum atomic E-state index is 5.51. The largest absolute Gasteiger partial charge is 0.388 e. The summed E-state index contributed by atoms with van der Waals surface area (Å²) in [5.74, 6) is 0. The van der Waals surface area contributed by atoms with Crippen molar-refractivity contribution in [3.05, 3.63) is 49.7 Å². The van der Waals surface area contributed by atoms with Crippen molar-refractivity contribution in [2.45, 2.75) is 5.41 Å². The predicted octanol–water partition coefficient (Wildman–Crippen LogP) is 1.81. The molecule has 1 radical (unpaired) electrons. The number of benzene rings is 1. The number of methoxy groups -OCH3 is 1. The van der Waals surface area contributed by atoms with Gasteiger partial charge in [0.15, 0.2) is 0 Å². The molecule has 2 nitrogen and oxygen atoms in total. The first kappa shape index (κ1) is 17.6. The first-order chi connectivity index (χ1) is 6.58. The van der Waals surface area contributed by atoms with Gasteiger partial charge >= 0.3 is 0 Å². The maximum Gasteiger partial charge on any atom is 0.0351 e. The van der Waals surface area contributed by atoms with Gasteiger partial charge in [-0.25, -0.2) is 0 Å². The van der Waals surface area contributed by atoms with E-state index >= 15 is 0 Å². The smallest absolute Gasteiger partial charge is 0.0351 e. The van der Waals surface area contributed by atoms with E-state index in [-0.39, 0.29) is 38.1 Å². The molecule has 1 aromatic rings. The summed E-state index contributed by atoms with van der Waals surface area (Å²) in [5, 5.41) is 0. The Labute approximate surface area is 118 Å². The first-order valence-electron chi connectivity index (χ1n) is 4.45. The Morgan fingerprint density at radius 1 is 1.20 bits per heavy atom. The molecule has 0 aliphatic carbocycles. The molecule has 0 saturated heterocycles. The fourth-order valence-electron chi connectivity index (χ4n) is 0.910. The van der Waals surface area contributed by atoms with E-state index < -0.39 is 0 Å². The minimum atomic E-state index is -0.388. The van der Waals surface area contributed by atoms with Crippen molar-refractivity contribution >= 4 is 0 Å². The normalized spacial score (nSPS) is 9.67. The molecule has 0 amide bonds. The molecule has 3 heteroatoms. The van der Waals surface area contributed by atoms with E-state index in [9.17, 15) is 0 Å². The molecule has 0 aliphatic rings. The van der Waals surface area contributed by atoms with E-state index in [1.807, 2.05) is 30.3 Å². The van der Waals surface area contributed by atoms with E-state index in [0.29, 0.717) is 6.54 Å². The first-order valence-corrected chi connectivity index (χ1v) is 4.45. The molecule has 1 aromatic carbocycles. The van der Waals surface area contributed by atoms with E-state index in [1.54, 1.807) is 14.2 Å². The van der Waals surface area contributed by atoms with Crippen molar-refractivity contribution in [2.75, 3.05) is 20.8 Å². The van der Waals surface area contributed by atoms with Gasteiger partial charge in [-0.05, 0) is 0 Å². The molecule has 0 fully saturated rings. The average molecular weight is 282 g/mol. The summed E-state index contributed by atoms with van der Waals surface area (Å²) >= 11 is 0. The molecular formula is C12H19NOY-2. The third kappa shape index (κ3) is 7.18. The van der Waals surface area contributed by atoms with Crippen LogP contribution in [0.2, 0.25) is 0 Å². The number of nitrogens with two attached hydrogens (primary N) is 1. The Bertz CT molecular complexity index is 237. The fraction of sp³-hybridized carbons (Fsp3) is 0.333. The molecule has 0 atom stereocenters. The van der Waals surface area contributed by atoms with Crippen LogP contribution in [-0.4, -0.2) is 20.8 Å². The Morgan fingerprint density at radius 2 is 1.60 bits per heavy atom. The molecule has 0 unspecified atom stereocenters. The van der Waals surface area contributed by atoms with Crippen molar-refractivity contribution < 1.29 is 37.4 Å². The number of hydrogen-bond donors (Lipinski definition) is 1. The standard InChI is InChI=1S/C10H13N.C2H6O.Y/c1-10(2,8-11)9-6-4-3-5-7-9;1-3-2;/h3-7H,1-2,8,11H2;1-2H3;/q-2;;. The van der Waals surface area contributed by atoms with E-state index in [2.05, 4.69) is 18.6 Å². The van der Waals surface area contributed by atoms with Gasteiger partial charge in [-0.1, -0.05) is 42.4 Å². The van der Waals surface area contributed by atoms with Crippen LogP contribution in [0.15, 0.2) is 30.3 Å². The second-order valence-electron chi connectivity index (χ2n) is 3.26. The summed E-state index contributed by atoms with van der Waals surface area (Å²) < 4.78 is 4.25. The fourth-order valence-corrected chi connectivity index (χ4v) is 0.910. The summed E-state index contributed by atoms with van der Waals surface area (Å²) in [5.41, 5.74) is 6.21. The molecule has 0 aliphatic heterocycles. The molecule has 83 valence electrons.